The molecule has 1 rings (SSSR count). The maximum atomic E-state index is 13.7. The molecule has 0 atom stereocenters. The van der Waals surface area contributed by atoms with Gasteiger partial charge in [0.2, 0.25) is 0 Å². The van der Waals surface area contributed by atoms with Crippen LogP contribution in [0.3, 0.4) is 0 Å². The zero-order chi connectivity index (χ0) is 30.8. The Labute approximate surface area is 196 Å². The van der Waals surface area contributed by atoms with Gasteiger partial charge in [-0.15, -0.1) is 0 Å². The molecule has 1 aromatic carbocycles. The average Bonchev–Trinajstić information content (AvgIpc) is 2.72. The summed E-state index contributed by atoms with van der Waals surface area (Å²) in [6, 6.07) is -4.55. The highest BCUT2D eigenvalue weighted by Gasteiger charge is 2.96. The molecule has 0 aliphatic rings. The van der Waals surface area contributed by atoms with Crippen LogP contribution in [-0.2, 0) is 0 Å². The lowest BCUT2D eigenvalue weighted by molar-refractivity contribution is -0.468. The van der Waals surface area contributed by atoms with Crippen molar-refractivity contribution >= 4 is 6.21 Å². The van der Waals surface area contributed by atoms with Crippen LogP contribution in [-0.4, -0.2) is 65.0 Å². The molecule has 0 bridgehead atoms. The van der Waals surface area contributed by atoms with E-state index in [-0.39, 0.29) is 5.56 Å². The number of nitrogens with zero attached hydrogens (tertiary/aromatic N) is 1. The summed E-state index contributed by atoms with van der Waals surface area (Å²) < 4.78 is 251. The summed E-state index contributed by atoms with van der Waals surface area (Å²) in [7, 11) is 0. The van der Waals surface area contributed by atoms with Crippen molar-refractivity contribution in [3.63, 3.8) is 0 Å². The first-order valence-electron chi connectivity index (χ1n) is 8.83. The maximum absolute atomic E-state index is 13.7. The second-order valence-corrected chi connectivity index (χ2v) is 7.33. The topological polar surface area (TPSA) is 32.6 Å². The maximum Gasteiger partial charge on any atom is 0.460 e. The number of phenols is 1. The predicted octanol–water partition coefficient (Wildman–Crippen LogP) is 7.72. The Hall–Kier alpha value is -2.64. The third-order valence-corrected chi connectivity index (χ3v) is 4.73. The van der Waals surface area contributed by atoms with Gasteiger partial charge >= 0.3 is 53.7 Å². The van der Waals surface area contributed by atoms with Crippen molar-refractivity contribution in [1.82, 2.24) is 0 Å². The zero-order valence-electron chi connectivity index (χ0n) is 17.4. The molecule has 2 nitrogen and oxygen atoms in total. The Kier molecular flexibility index (Phi) is 7.86. The quantitative estimate of drug-likeness (QED) is 0.175. The van der Waals surface area contributed by atoms with Crippen LogP contribution in [0.4, 0.5) is 83.4 Å². The van der Waals surface area contributed by atoms with E-state index in [1.807, 2.05) is 0 Å². The number of benzene rings is 1. The summed E-state index contributed by atoms with van der Waals surface area (Å²) >= 11 is 0. The monoisotopic (exact) mass is 603 g/mol. The first-order valence-corrected chi connectivity index (χ1v) is 8.83. The van der Waals surface area contributed by atoms with E-state index in [4.69, 9.17) is 0 Å². The normalized spacial score (nSPS) is 15.9. The molecule has 0 aliphatic carbocycles. The molecule has 0 aliphatic heterocycles. The van der Waals surface area contributed by atoms with Gasteiger partial charge in [0.05, 0.1) is 0 Å². The van der Waals surface area contributed by atoms with Gasteiger partial charge in [0.15, 0.2) is 0 Å². The number of alkyl halides is 19. The van der Waals surface area contributed by atoms with Gasteiger partial charge in [0.25, 0.3) is 0 Å². The molecular formula is C17H8F19NO. The number of hydrogen-bond donors (Lipinski definition) is 1. The molecule has 1 aromatic rings. The van der Waals surface area contributed by atoms with E-state index in [2.05, 4.69) is 0 Å². The summed E-state index contributed by atoms with van der Waals surface area (Å²) in [5.74, 6) is -61.6. The van der Waals surface area contributed by atoms with Crippen molar-refractivity contribution in [1.29, 1.82) is 0 Å². The lowest BCUT2D eigenvalue weighted by Crippen LogP contribution is -2.75. The molecule has 1 N–H and O–H groups in total. The van der Waals surface area contributed by atoms with Gasteiger partial charge in [-0.3, -0.25) is 0 Å². The number of aliphatic imine (C=N–C) groups is 1. The van der Waals surface area contributed by atoms with E-state index in [9.17, 15) is 88.5 Å². The van der Waals surface area contributed by atoms with Gasteiger partial charge in [0, 0.05) is 11.8 Å². The fraction of sp³-hybridized carbons (Fsp3) is 0.588. The van der Waals surface area contributed by atoms with Crippen molar-refractivity contribution in [3.05, 3.63) is 29.3 Å². The van der Waals surface area contributed by atoms with Crippen LogP contribution >= 0.6 is 0 Å². The molecular weight excluding hydrogens is 595 g/mol. The molecule has 0 heterocycles. The Morgan fingerprint density at radius 2 is 0.895 bits per heavy atom. The van der Waals surface area contributed by atoms with Crippen molar-refractivity contribution in [3.8, 4) is 5.75 Å². The smallest absolute Gasteiger partial charge is 0.460 e. The van der Waals surface area contributed by atoms with Crippen LogP contribution in [0.25, 0.3) is 0 Å². The number of para-hydroxylation sites is 1. The Balaban J connectivity index is 3.69. The van der Waals surface area contributed by atoms with Gasteiger partial charge in [-0.2, -0.15) is 83.4 Å². The molecule has 0 aromatic heterocycles. The van der Waals surface area contributed by atoms with Crippen LogP contribution in [0.15, 0.2) is 23.2 Å². The van der Waals surface area contributed by atoms with E-state index < -0.39 is 71.2 Å². The van der Waals surface area contributed by atoms with E-state index in [0.29, 0.717) is 6.07 Å². The standard InChI is InChI=1S/C17H8F19NO/c1-6-3-2-4-7(8(6)38)5-37-17(35,36)15(30,31)13(26,27)11(22,23)9(18,19)10(20,21)12(24,25)14(28,29)16(32,33)34/h2-5,38H,1H3. The van der Waals surface area contributed by atoms with Crippen molar-refractivity contribution in [2.24, 2.45) is 4.99 Å². The minimum atomic E-state index is -8.99. The third kappa shape index (κ3) is 4.37. The van der Waals surface area contributed by atoms with E-state index in [0.717, 1.165) is 19.1 Å². The largest absolute Gasteiger partial charge is 0.507 e. The minimum absolute atomic E-state index is 0.223. The van der Waals surface area contributed by atoms with E-state index in [1.165, 1.54) is 4.99 Å². The summed E-state index contributed by atoms with van der Waals surface area (Å²) in [6.45, 7) is 1.04. The fourth-order valence-electron chi connectivity index (χ4n) is 2.37. The number of phenolic OH excluding ortho intramolecular Hbond substituents is 1. The van der Waals surface area contributed by atoms with Gasteiger partial charge in [-0.05, 0) is 18.6 Å². The summed E-state index contributed by atoms with van der Waals surface area (Å²) in [6.07, 6.45) is -8.55. The number of halogens is 19. The van der Waals surface area contributed by atoms with Crippen LogP contribution in [0.5, 0.6) is 5.75 Å². The number of hydrogen-bond acceptors (Lipinski definition) is 2. The number of aryl methyl sites for hydroxylation is 1. The minimum Gasteiger partial charge on any atom is -0.507 e. The summed E-state index contributed by atoms with van der Waals surface area (Å²) in [5.41, 5.74) is -1.25. The third-order valence-electron chi connectivity index (χ3n) is 4.73. The van der Waals surface area contributed by atoms with Crippen molar-refractivity contribution in [2.75, 3.05) is 0 Å². The summed E-state index contributed by atoms with van der Waals surface area (Å²) in [4.78, 5) is 1.41. The first-order chi connectivity index (χ1) is 16.4. The van der Waals surface area contributed by atoms with E-state index >= 15 is 0 Å². The lowest BCUT2D eigenvalue weighted by Gasteiger charge is -2.43. The van der Waals surface area contributed by atoms with Crippen LogP contribution in [0.2, 0.25) is 0 Å². The zero-order valence-corrected chi connectivity index (χ0v) is 17.4. The highest BCUT2D eigenvalue weighted by atomic mass is 19.4. The highest BCUT2D eigenvalue weighted by Crippen LogP contribution is 2.65. The lowest BCUT2D eigenvalue weighted by atomic mass is 9.88. The van der Waals surface area contributed by atoms with Crippen LogP contribution in [0, 0.1) is 6.92 Å². The van der Waals surface area contributed by atoms with Crippen LogP contribution < -0.4 is 0 Å². The number of rotatable bonds is 9. The molecule has 0 fully saturated rings. The second-order valence-electron chi connectivity index (χ2n) is 7.33. The first kappa shape index (κ1) is 33.4. The molecule has 0 unspecified atom stereocenters. The Morgan fingerprint density at radius 1 is 0.553 bits per heavy atom. The fourth-order valence-corrected chi connectivity index (χ4v) is 2.37. The van der Waals surface area contributed by atoms with Gasteiger partial charge in [-0.25, -0.2) is 4.99 Å². The SMILES string of the molecule is Cc1cccc(C=NC(F)(F)C(F)(F)C(F)(F)C(F)(F)C(F)(F)C(F)(F)C(F)(F)C(F)(F)C(F)(F)F)c1O. The van der Waals surface area contributed by atoms with Gasteiger partial charge < -0.3 is 5.11 Å². The van der Waals surface area contributed by atoms with E-state index in [1.54, 1.807) is 0 Å². The molecule has 0 radical (unpaired) electrons. The van der Waals surface area contributed by atoms with Crippen LogP contribution in [0.1, 0.15) is 11.1 Å². The van der Waals surface area contributed by atoms with Gasteiger partial charge in [-0.1, -0.05) is 12.1 Å². The molecule has 0 saturated carbocycles. The van der Waals surface area contributed by atoms with Gasteiger partial charge in [0.1, 0.15) is 5.75 Å². The van der Waals surface area contributed by atoms with Crippen molar-refractivity contribution in [2.45, 2.75) is 60.6 Å². The molecule has 21 heteroatoms. The number of aromatic hydroxyl groups is 1. The molecule has 0 spiro atoms. The molecule has 38 heavy (non-hydrogen) atoms. The molecule has 0 saturated heterocycles. The predicted molar refractivity (Wildman–Crippen MR) is 86.1 cm³/mol. The Morgan fingerprint density at radius 3 is 1.26 bits per heavy atom. The summed E-state index contributed by atoms with van der Waals surface area (Å²) in [5, 5.41) is 9.50. The average molecular weight is 603 g/mol. The molecule has 0 amide bonds. The Bertz CT molecular complexity index is 1060. The highest BCUT2D eigenvalue weighted by molar-refractivity contribution is 5.84. The molecule has 220 valence electrons. The van der Waals surface area contributed by atoms with Crippen molar-refractivity contribution < 1.29 is 88.5 Å². The second kappa shape index (κ2) is 8.95.